The van der Waals surface area contributed by atoms with E-state index in [4.69, 9.17) is 9.47 Å². The maximum atomic E-state index is 6.08. The molecule has 1 fully saturated rings. The van der Waals surface area contributed by atoms with Crippen LogP contribution in [0.2, 0.25) is 0 Å². The van der Waals surface area contributed by atoms with Gasteiger partial charge in [0.15, 0.2) is 11.5 Å². The molecule has 0 amide bonds. The van der Waals surface area contributed by atoms with E-state index in [-0.39, 0.29) is 0 Å². The monoisotopic (exact) mass is 312 g/mol. The van der Waals surface area contributed by atoms with Crippen molar-refractivity contribution in [3.8, 4) is 11.5 Å². The minimum absolute atomic E-state index is 0.380. The highest BCUT2D eigenvalue weighted by molar-refractivity contribution is 9.09. The predicted octanol–water partition coefficient (Wildman–Crippen LogP) is 4.34. The quantitative estimate of drug-likeness (QED) is 0.727. The molecular weight excluding hydrogens is 292 g/mol. The fraction of sp³-hybridized carbons (Fsp3) is 0.600. The van der Waals surface area contributed by atoms with Gasteiger partial charge < -0.3 is 9.47 Å². The maximum Gasteiger partial charge on any atom is 0.161 e. The van der Waals surface area contributed by atoms with Crippen LogP contribution < -0.4 is 9.47 Å². The zero-order chi connectivity index (χ0) is 12.8. The second-order valence-corrected chi connectivity index (χ2v) is 5.60. The lowest BCUT2D eigenvalue weighted by molar-refractivity contribution is 0.200. The van der Waals surface area contributed by atoms with E-state index in [1.807, 2.05) is 6.07 Å². The lowest BCUT2D eigenvalue weighted by Gasteiger charge is -2.16. The Hall–Kier alpha value is -0.700. The van der Waals surface area contributed by atoms with E-state index >= 15 is 0 Å². The molecule has 2 nitrogen and oxygen atoms in total. The molecule has 3 heteroatoms. The van der Waals surface area contributed by atoms with Crippen LogP contribution in [0.3, 0.4) is 0 Å². The van der Waals surface area contributed by atoms with Crippen LogP contribution in [0.4, 0.5) is 0 Å². The largest absolute Gasteiger partial charge is 0.493 e. The summed E-state index contributed by atoms with van der Waals surface area (Å²) in [6, 6.07) is 6.29. The first-order chi connectivity index (χ1) is 8.83. The molecule has 0 N–H and O–H groups in total. The highest BCUT2D eigenvalue weighted by atomic mass is 79.9. The van der Waals surface area contributed by atoms with Gasteiger partial charge in [-0.05, 0) is 56.2 Å². The van der Waals surface area contributed by atoms with Gasteiger partial charge in [-0.25, -0.2) is 0 Å². The molecule has 1 saturated carbocycles. The summed E-state index contributed by atoms with van der Waals surface area (Å²) in [4.78, 5) is 0. The summed E-state index contributed by atoms with van der Waals surface area (Å²) in [6.07, 6.45) is 7.53. The Morgan fingerprint density at radius 3 is 2.67 bits per heavy atom. The predicted molar refractivity (Wildman–Crippen MR) is 78.0 cm³/mol. The molecule has 0 heterocycles. The second kappa shape index (κ2) is 7.03. The van der Waals surface area contributed by atoms with Crippen molar-refractivity contribution in [2.24, 2.45) is 0 Å². The zero-order valence-electron chi connectivity index (χ0n) is 11.0. The Morgan fingerprint density at radius 1 is 1.22 bits per heavy atom. The van der Waals surface area contributed by atoms with Crippen molar-refractivity contribution in [2.45, 2.75) is 44.6 Å². The van der Waals surface area contributed by atoms with Gasteiger partial charge in [0.05, 0.1) is 13.2 Å². The molecule has 0 spiro atoms. The molecule has 0 aromatic heterocycles. The van der Waals surface area contributed by atoms with Gasteiger partial charge in [-0.15, -0.1) is 0 Å². The molecule has 0 bridgehead atoms. The van der Waals surface area contributed by atoms with Gasteiger partial charge in [0.2, 0.25) is 0 Å². The smallest absolute Gasteiger partial charge is 0.161 e. The summed E-state index contributed by atoms with van der Waals surface area (Å²) >= 11 is 3.47. The molecule has 1 aliphatic rings. The van der Waals surface area contributed by atoms with Crippen molar-refractivity contribution in [3.05, 3.63) is 23.8 Å². The topological polar surface area (TPSA) is 18.5 Å². The van der Waals surface area contributed by atoms with Crippen LogP contribution in [0, 0.1) is 0 Å². The van der Waals surface area contributed by atoms with E-state index in [2.05, 4.69) is 28.1 Å². The van der Waals surface area contributed by atoms with Crippen LogP contribution >= 0.6 is 15.9 Å². The van der Waals surface area contributed by atoms with Crippen molar-refractivity contribution in [1.82, 2.24) is 0 Å². The molecule has 2 rings (SSSR count). The number of halogens is 1. The van der Waals surface area contributed by atoms with Crippen LogP contribution in [0.1, 0.15) is 37.7 Å². The van der Waals surface area contributed by atoms with Gasteiger partial charge in [-0.2, -0.15) is 0 Å². The van der Waals surface area contributed by atoms with Gasteiger partial charge in [-0.1, -0.05) is 22.0 Å². The molecule has 1 aliphatic carbocycles. The fourth-order valence-corrected chi connectivity index (χ4v) is 2.71. The van der Waals surface area contributed by atoms with E-state index in [0.29, 0.717) is 6.10 Å². The third-order valence-corrected chi connectivity index (χ3v) is 3.98. The SMILES string of the molecule is COc1ccc(CCCBr)cc1OC1CCCC1. The summed E-state index contributed by atoms with van der Waals surface area (Å²) in [6.45, 7) is 0. The Labute approximate surface area is 118 Å². The van der Waals surface area contributed by atoms with Crippen LogP contribution in [0.15, 0.2) is 18.2 Å². The molecule has 0 aliphatic heterocycles. The third kappa shape index (κ3) is 3.64. The number of hydrogen-bond acceptors (Lipinski definition) is 2. The number of benzene rings is 1. The molecule has 0 saturated heterocycles. The van der Waals surface area contributed by atoms with E-state index < -0.39 is 0 Å². The first-order valence-corrected chi connectivity index (χ1v) is 7.85. The third-order valence-electron chi connectivity index (χ3n) is 3.42. The molecule has 0 atom stereocenters. The van der Waals surface area contributed by atoms with Crippen molar-refractivity contribution in [1.29, 1.82) is 0 Å². The summed E-state index contributed by atoms with van der Waals surface area (Å²) in [5.74, 6) is 1.76. The van der Waals surface area contributed by atoms with Crippen molar-refractivity contribution < 1.29 is 9.47 Å². The van der Waals surface area contributed by atoms with Crippen LogP contribution in [0.25, 0.3) is 0 Å². The Kier molecular flexibility index (Phi) is 5.36. The second-order valence-electron chi connectivity index (χ2n) is 4.80. The average molecular weight is 313 g/mol. The fourth-order valence-electron chi connectivity index (χ4n) is 2.43. The van der Waals surface area contributed by atoms with E-state index in [9.17, 15) is 0 Å². The van der Waals surface area contributed by atoms with E-state index in [1.165, 1.54) is 31.2 Å². The summed E-state index contributed by atoms with van der Waals surface area (Å²) in [7, 11) is 1.70. The summed E-state index contributed by atoms with van der Waals surface area (Å²) < 4.78 is 11.5. The standard InChI is InChI=1S/C15H21BrO2/c1-17-14-9-8-12(5-4-10-16)11-15(14)18-13-6-2-3-7-13/h8-9,11,13H,2-7,10H2,1H3. The minimum Gasteiger partial charge on any atom is -0.493 e. The van der Waals surface area contributed by atoms with Crippen molar-refractivity contribution in [3.63, 3.8) is 0 Å². The first-order valence-electron chi connectivity index (χ1n) is 6.73. The number of alkyl halides is 1. The zero-order valence-corrected chi connectivity index (χ0v) is 12.5. The maximum absolute atomic E-state index is 6.08. The Bertz CT molecular complexity index is 373. The normalized spacial score (nSPS) is 15.9. The van der Waals surface area contributed by atoms with Gasteiger partial charge in [-0.3, -0.25) is 0 Å². The van der Waals surface area contributed by atoms with Gasteiger partial charge in [0.1, 0.15) is 0 Å². The highest BCUT2D eigenvalue weighted by Crippen LogP contribution is 2.32. The molecule has 1 aromatic rings. The number of ether oxygens (including phenoxy) is 2. The van der Waals surface area contributed by atoms with Crippen molar-refractivity contribution in [2.75, 3.05) is 12.4 Å². The Morgan fingerprint density at radius 2 is 2.00 bits per heavy atom. The average Bonchev–Trinajstić information content (AvgIpc) is 2.89. The highest BCUT2D eigenvalue weighted by Gasteiger charge is 2.18. The van der Waals surface area contributed by atoms with Gasteiger partial charge in [0.25, 0.3) is 0 Å². The Balaban J connectivity index is 2.08. The van der Waals surface area contributed by atoms with E-state index in [1.54, 1.807) is 7.11 Å². The summed E-state index contributed by atoms with van der Waals surface area (Å²) in [5.41, 5.74) is 1.32. The van der Waals surface area contributed by atoms with Crippen LogP contribution in [0.5, 0.6) is 11.5 Å². The molecule has 100 valence electrons. The lowest BCUT2D eigenvalue weighted by Crippen LogP contribution is -2.11. The van der Waals surface area contributed by atoms with Gasteiger partial charge >= 0.3 is 0 Å². The number of aryl methyl sites for hydroxylation is 1. The molecule has 18 heavy (non-hydrogen) atoms. The van der Waals surface area contributed by atoms with Crippen molar-refractivity contribution >= 4 is 15.9 Å². The van der Waals surface area contributed by atoms with E-state index in [0.717, 1.165) is 29.7 Å². The molecule has 1 aromatic carbocycles. The first kappa shape index (κ1) is 13.7. The molecule has 0 radical (unpaired) electrons. The molecule has 0 unspecified atom stereocenters. The van der Waals surface area contributed by atoms with Crippen LogP contribution in [-0.4, -0.2) is 18.5 Å². The lowest BCUT2D eigenvalue weighted by atomic mass is 10.1. The molecular formula is C15H21BrO2. The number of hydrogen-bond donors (Lipinski definition) is 0. The number of rotatable bonds is 6. The minimum atomic E-state index is 0.380. The van der Waals surface area contributed by atoms with Gasteiger partial charge in [0, 0.05) is 5.33 Å². The number of methoxy groups -OCH3 is 1. The van der Waals surface area contributed by atoms with Crippen LogP contribution in [-0.2, 0) is 6.42 Å². The summed E-state index contributed by atoms with van der Waals surface area (Å²) in [5, 5.41) is 1.04.